The summed E-state index contributed by atoms with van der Waals surface area (Å²) in [5.74, 6) is 0. The molecular weight excluding hydrogens is 595 g/mol. The first-order chi connectivity index (χ1) is 24.0. The maximum atomic E-state index is 6.39. The van der Waals surface area contributed by atoms with Crippen LogP contribution >= 0.6 is 0 Å². The minimum atomic E-state index is -0.108. The van der Waals surface area contributed by atoms with Gasteiger partial charge in [0.15, 0.2) is 0 Å². The largest absolute Gasteiger partial charge is 0.456 e. The summed E-state index contributed by atoms with van der Waals surface area (Å²) in [6.07, 6.45) is 0. The Morgan fingerprint density at radius 1 is 0.429 bits per heavy atom. The minimum absolute atomic E-state index is 0.108. The van der Waals surface area contributed by atoms with E-state index in [4.69, 9.17) is 4.42 Å². The van der Waals surface area contributed by atoms with E-state index < -0.39 is 0 Å². The highest BCUT2D eigenvalue weighted by Crippen LogP contribution is 2.52. The minimum Gasteiger partial charge on any atom is -0.456 e. The lowest BCUT2D eigenvalue weighted by atomic mass is 9.82. The number of fused-ring (bicyclic) bond motifs is 8. The molecule has 232 valence electrons. The standard InChI is InChI=1S/C47H33NO/c1-47(2)41-19-9-7-18-37(41)38-24-23-34(29-42(38)47)48(44-21-11-15-30-12-5-6-16-35(30)44)43-20-10-8-17-36(43)33-22-25-45-39(27-33)40-26-31-13-3-4-14-32(31)28-46(40)49-45/h3-29H,1-2H3. The SMILES string of the molecule is CC1(C)c2ccccc2-c2ccc(N(c3ccccc3-c3ccc4oc5cc6ccccc6cc5c4c3)c3cccc4ccccc34)cc21. The number of furan rings is 1. The van der Waals surface area contributed by atoms with Crippen LogP contribution in [0.4, 0.5) is 17.1 Å². The van der Waals surface area contributed by atoms with Gasteiger partial charge in [-0.05, 0) is 92.5 Å². The summed E-state index contributed by atoms with van der Waals surface area (Å²) in [7, 11) is 0. The molecule has 9 aromatic rings. The summed E-state index contributed by atoms with van der Waals surface area (Å²) in [5, 5.41) is 7.10. The molecule has 1 aliphatic carbocycles. The quantitative estimate of drug-likeness (QED) is 0.193. The van der Waals surface area contributed by atoms with Gasteiger partial charge in [-0.15, -0.1) is 0 Å². The molecule has 0 saturated heterocycles. The molecule has 0 spiro atoms. The van der Waals surface area contributed by atoms with E-state index in [0.29, 0.717) is 0 Å². The third kappa shape index (κ3) is 4.20. The third-order valence-corrected chi connectivity index (χ3v) is 10.6. The van der Waals surface area contributed by atoms with Gasteiger partial charge in [-0.1, -0.05) is 129 Å². The van der Waals surface area contributed by atoms with E-state index in [9.17, 15) is 0 Å². The summed E-state index contributed by atoms with van der Waals surface area (Å²) in [6.45, 7) is 4.70. The second-order valence-electron chi connectivity index (χ2n) is 13.8. The van der Waals surface area contributed by atoms with Crippen molar-refractivity contribution in [1.82, 2.24) is 0 Å². The second kappa shape index (κ2) is 10.4. The van der Waals surface area contributed by atoms with Gasteiger partial charge >= 0.3 is 0 Å². The Bertz CT molecular complexity index is 2760. The summed E-state index contributed by atoms with van der Waals surface area (Å²) in [6, 6.07) is 59.6. The smallest absolute Gasteiger partial charge is 0.136 e. The van der Waals surface area contributed by atoms with Crippen LogP contribution in [0.1, 0.15) is 25.0 Å². The molecule has 0 unspecified atom stereocenters. The molecule has 0 N–H and O–H groups in total. The molecule has 0 saturated carbocycles. The third-order valence-electron chi connectivity index (χ3n) is 10.6. The zero-order valence-corrected chi connectivity index (χ0v) is 27.4. The Kier molecular flexibility index (Phi) is 5.95. The molecular formula is C47H33NO. The molecule has 8 aromatic carbocycles. The Balaban J connectivity index is 1.21. The van der Waals surface area contributed by atoms with Crippen molar-refractivity contribution in [3.63, 3.8) is 0 Å². The number of para-hydroxylation sites is 1. The van der Waals surface area contributed by atoms with Crippen molar-refractivity contribution in [2.75, 3.05) is 4.90 Å². The first-order valence-corrected chi connectivity index (χ1v) is 17.0. The molecule has 1 aliphatic rings. The lowest BCUT2D eigenvalue weighted by Gasteiger charge is -2.30. The van der Waals surface area contributed by atoms with Gasteiger partial charge < -0.3 is 9.32 Å². The summed E-state index contributed by atoms with van der Waals surface area (Å²) in [5.41, 5.74) is 12.8. The van der Waals surface area contributed by atoms with Crippen molar-refractivity contribution in [3.05, 3.63) is 175 Å². The van der Waals surface area contributed by atoms with Crippen LogP contribution in [-0.4, -0.2) is 0 Å². The van der Waals surface area contributed by atoms with Crippen LogP contribution in [0.25, 0.3) is 65.7 Å². The maximum Gasteiger partial charge on any atom is 0.136 e. The Morgan fingerprint density at radius 3 is 1.96 bits per heavy atom. The van der Waals surface area contributed by atoms with E-state index in [1.807, 2.05) is 0 Å². The molecule has 0 radical (unpaired) electrons. The highest BCUT2D eigenvalue weighted by molar-refractivity contribution is 6.11. The number of hydrogen-bond donors (Lipinski definition) is 0. The van der Waals surface area contributed by atoms with E-state index in [0.717, 1.165) is 50.1 Å². The fraction of sp³-hybridized carbons (Fsp3) is 0.0638. The predicted molar refractivity (Wildman–Crippen MR) is 206 cm³/mol. The average Bonchev–Trinajstić information content (AvgIpc) is 3.61. The van der Waals surface area contributed by atoms with Crippen molar-refractivity contribution in [1.29, 1.82) is 0 Å². The molecule has 1 heterocycles. The van der Waals surface area contributed by atoms with E-state index in [1.165, 1.54) is 43.8 Å². The lowest BCUT2D eigenvalue weighted by Crippen LogP contribution is -2.17. The molecule has 1 aromatic heterocycles. The predicted octanol–water partition coefficient (Wildman–Crippen LogP) is 13.3. The Hall–Kier alpha value is -6.12. The van der Waals surface area contributed by atoms with Crippen molar-refractivity contribution < 1.29 is 4.42 Å². The number of nitrogens with zero attached hydrogens (tertiary/aromatic N) is 1. The first kappa shape index (κ1) is 27.9. The van der Waals surface area contributed by atoms with Gasteiger partial charge in [0.2, 0.25) is 0 Å². The number of benzene rings is 8. The zero-order valence-electron chi connectivity index (χ0n) is 27.4. The van der Waals surface area contributed by atoms with Crippen LogP contribution in [0.15, 0.2) is 168 Å². The van der Waals surface area contributed by atoms with Crippen LogP contribution in [0.5, 0.6) is 0 Å². The van der Waals surface area contributed by atoms with Gasteiger partial charge in [-0.3, -0.25) is 0 Å². The van der Waals surface area contributed by atoms with Gasteiger partial charge in [0.1, 0.15) is 11.2 Å². The zero-order chi connectivity index (χ0) is 32.7. The normalized spacial score (nSPS) is 13.3. The summed E-state index contributed by atoms with van der Waals surface area (Å²) >= 11 is 0. The van der Waals surface area contributed by atoms with Crippen molar-refractivity contribution in [2.24, 2.45) is 0 Å². The first-order valence-electron chi connectivity index (χ1n) is 17.0. The average molecular weight is 628 g/mol. The highest BCUT2D eigenvalue weighted by atomic mass is 16.3. The molecule has 2 heteroatoms. The van der Waals surface area contributed by atoms with Crippen molar-refractivity contribution in [3.8, 4) is 22.3 Å². The summed E-state index contributed by atoms with van der Waals surface area (Å²) < 4.78 is 6.39. The fourth-order valence-electron chi connectivity index (χ4n) is 8.19. The number of rotatable bonds is 4. The molecule has 10 rings (SSSR count). The second-order valence-corrected chi connectivity index (χ2v) is 13.8. The van der Waals surface area contributed by atoms with Crippen LogP contribution in [0.2, 0.25) is 0 Å². The van der Waals surface area contributed by atoms with Crippen LogP contribution in [0, 0.1) is 0 Å². The molecule has 0 atom stereocenters. The van der Waals surface area contributed by atoms with Gasteiger partial charge in [0.25, 0.3) is 0 Å². The molecule has 49 heavy (non-hydrogen) atoms. The molecule has 2 nitrogen and oxygen atoms in total. The van der Waals surface area contributed by atoms with E-state index >= 15 is 0 Å². The highest BCUT2D eigenvalue weighted by Gasteiger charge is 2.36. The Labute approximate surface area is 285 Å². The molecule has 0 aliphatic heterocycles. The van der Waals surface area contributed by atoms with Gasteiger partial charge in [0.05, 0.1) is 11.4 Å². The lowest BCUT2D eigenvalue weighted by molar-refractivity contribution is 0.660. The van der Waals surface area contributed by atoms with Gasteiger partial charge in [0, 0.05) is 32.8 Å². The van der Waals surface area contributed by atoms with Crippen LogP contribution < -0.4 is 4.90 Å². The number of hydrogen-bond acceptors (Lipinski definition) is 2. The Morgan fingerprint density at radius 2 is 1.08 bits per heavy atom. The van der Waals surface area contributed by atoms with Crippen LogP contribution in [-0.2, 0) is 5.41 Å². The molecule has 0 fully saturated rings. The van der Waals surface area contributed by atoms with E-state index in [2.05, 4.69) is 183 Å². The van der Waals surface area contributed by atoms with Crippen molar-refractivity contribution in [2.45, 2.75) is 19.3 Å². The van der Waals surface area contributed by atoms with Gasteiger partial charge in [-0.2, -0.15) is 0 Å². The fourth-order valence-corrected chi connectivity index (χ4v) is 8.19. The number of anilines is 3. The van der Waals surface area contributed by atoms with E-state index in [1.54, 1.807) is 0 Å². The molecule has 0 bridgehead atoms. The van der Waals surface area contributed by atoms with E-state index in [-0.39, 0.29) is 5.41 Å². The maximum absolute atomic E-state index is 6.39. The van der Waals surface area contributed by atoms with Crippen LogP contribution in [0.3, 0.4) is 0 Å². The topological polar surface area (TPSA) is 16.4 Å². The van der Waals surface area contributed by atoms with Crippen molar-refractivity contribution >= 4 is 60.5 Å². The monoisotopic (exact) mass is 627 g/mol. The molecule has 0 amide bonds. The van der Waals surface area contributed by atoms with Gasteiger partial charge in [-0.25, -0.2) is 0 Å². The summed E-state index contributed by atoms with van der Waals surface area (Å²) in [4.78, 5) is 2.46.